The van der Waals surface area contributed by atoms with Crippen molar-refractivity contribution in [3.63, 3.8) is 0 Å². The van der Waals surface area contributed by atoms with Gasteiger partial charge in [-0.15, -0.1) is 5.10 Å². The van der Waals surface area contributed by atoms with E-state index in [-0.39, 0.29) is 5.54 Å². The fraction of sp³-hybridized carbons (Fsp3) is 0.769. The van der Waals surface area contributed by atoms with Crippen molar-refractivity contribution < 1.29 is 0 Å². The Morgan fingerprint density at radius 1 is 1.33 bits per heavy atom. The topological polar surface area (TPSA) is 76.7 Å². The molecule has 0 aliphatic heterocycles. The summed E-state index contributed by atoms with van der Waals surface area (Å²) in [5.41, 5.74) is 7.72. The van der Waals surface area contributed by atoms with Gasteiger partial charge in [0.25, 0.3) is 0 Å². The number of hydrogen-bond donors (Lipinski definition) is 2. The number of rotatable bonds is 3. The number of aryl methyl sites for hydroxylation is 2. The van der Waals surface area contributed by atoms with Gasteiger partial charge in [0.05, 0.1) is 16.9 Å². The minimum Gasteiger partial charge on any atom is -0.346 e. The summed E-state index contributed by atoms with van der Waals surface area (Å²) in [4.78, 5) is 4.44. The van der Waals surface area contributed by atoms with Crippen molar-refractivity contribution in [1.29, 1.82) is 0 Å². The zero-order valence-corrected chi connectivity index (χ0v) is 11.5. The average molecular weight is 249 g/mol. The number of hydrogen-bond acceptors (Lipinski definition) is 5. The van der Waals surface area contributed by atoms with Crippen LogP contribution in [0.1, 0.15) is 44.0 Å². The molecule has 0 amide bonds. The van der Waals surface area contributed by atoms with Crippen molar-refractivity contribution in [2.24, 2.45) is 11.7 Å². The van der Waals surface area contributed by atoms with Gasteiger partial charge in [-0.05, 0) is 32.6 Å². The highest BCUT2D eigenvalue weighted by molar-refractivity contribution is 5.30. The van der Waals surface area contributed by atoms with Gasteiger partial charge >= 0.3 is 0 Å². The van der Waals surface area contributed by atoms with Crippen molar-refractivity contribution in [3.05, 3.63) is 11.4 Å². The predicted octanol–water partition coefficient (Wildman–Crippen LogP) is 1.81. The van der Waals surface area contributed by atoms with E-state index in [1.165, 1.54) is 12.8 Å². The number of aromatic nitrogens is 3. The summed E-state index contributed by atoms with van der Waals surface area (Å²) in [5, 5.41) is 11.7. The molecule has 0 bridgehead atoms. The second-order valence-electron chi connectivity index (χ2n) is 5.62. The van der Waals surface area contributed by atoms with Gasteiger partial charge < -0.3 is 11.1 Å². The minimum atomic E-state index is -0.0545. The largest absolute Gasteiger partial charge is 0.346 e. The second-order valence-corrected chi connectivity index (χ2v) is 5.62. The van der Waals surface area contributed by atoms with Crippen LogP contribution in [0.4, 0.5) is 5.95 Å². The standard InChI is InChI=1S/C13H23N5/c1-9-5-4-6-13(7-9,8-14)16-12-15-10(2)11(3)17-18-12/h9H,4-8,14H2,1-3H3,(H,15,16,18). The molecule has 1 heterocycles. The Morgan fingerprint density at radius 3 is 2.72 bits per heavy atom. The van der Waals surface area contributed by atoms with E-state index < -0.39 is 0 Å². The summed E-state index contributed by atoms with van der Waals surface area (Å²) >= 11 is 0. The summed E-state index contributed by atoms with van der Waals surface area (Å²) in [6, 6.07) is 0. The van der Waals surface area contributed by atoms with E-state index in [0.717, 1.165) is 24.2 Å². The first kappa shape index (κ1) is 13.2. The molecule has 3 N–H and O–H groups in total. The van der Waals surface area contributed by atoms with E-state index in [2.05, 4.69) is 27.4 Å². The van der Waals surface area contributed by atoms with E-state index in [0.29, 0.717) is 18.4 Å². The van der Waals surface area contributed by atoms with Crippen LogP contribution in [0.3, 0.4) is 0 Å². The third kappa shape index (κ3) is 2.77. The van der Waals surface area contributed by atoms with Crippen LogP contribution >= 0.6 is 0 Å². The molecule has 18 heavy (non-hydrogen) atoms. The minimum absolute atomic E-state index is 0.0545. The van der Waals surface area contributed by atoms with E-state index in [1.54, 1.807) is 0 Å². The van der Waals surface area contributed by atoms with Gasteiger partial charge in [-0.2, -0.15) is 5.10 Å². The molecule has 1 aromatic rings. The van der Waals surface area contributed by atoms with Gasteiger partial charge in [0.1, 0.15) is 0 Å². The quantitative estimate of drug-likeness (QED) is 0.854. The van der Waals surface area contributed by atoms with Crippen molar-refractivity contribution in [2.45, 2.75) is 52.0 Å². The average Bonchev–Trinajstić information content (AvgIpc) is 2.34. The highest BCUT2D eigenvalue weighted by atomic mass is 15.3. The van der Waals surface area contributed by atoms with Crippen LogP contribution in [-0.4, -0.2) is 27.3 Å². The maximum atomic E-state index is 5.98. The van der Waals surface area contributed by atoms with Gasteiger partial charge in [0, 0.05) is 6.54 Å². The Kier molecular flexibility index (Phi) is 3.80. The van der Waals surface area contributed by atoms with Crippen LogP contribution in [-0.2, 0) is 0 Å². The number of nitrogens with zero attached hydrogens (tertiary/aromatic N) is 3. The van der Waals surface area contributed by atoms with Crippen LogP contribution in [0, 0.1) is 19.8 Å². The number of nitrogens with two attached hydrogens (primary N) is 1. The van der Waals surface area contributed by atoms with E-state index in [9.17, 15) is 0 Å². The molecule has 5 nitrogen and oxygen atoms in total. The Morgan fingerprint density at radius 2 is 2.11 bits per heavy atom. The molecule has 1 aliphatic carbocycles. The third-order valence-electron chi connectivity index (χ3n) is 3.95. The SMILES string of the molecule is Cc1nnc(NC2(CN)CCCC(C)C2)nc1C. The maximum absolute atomic E-state index is 5.98. The van der Waals surface area contributed by atoms with Crippen molar-refractivity contribution in [3.8, 4) is 0 Å². The normalized spacial score (nSPS) is 28.1. The third-order valence-corrected chi connectivity index (χ3v) is 3.95. The molecule has 1 saturated carbocycles. The van der Waals surface area contributed by atoms with Gasteiger partial charge in [-0.1, -0.05) is 19.8 Å². The molecule has 0 aromatic carbocycles. The van der Waals surface area contributed by atoms with E-state index in [4.69, 9.17) is 5.73 Å². The molecule has 1 aliphatic rings. The summed E-state index contributed by atoms with van der Waals surface area (Å²) in [6.07, 6.45) is 4.67. The lowest BCUT2D eigenvalue weighted by molar-refractivity contribution is 0.262. The lowest BCUT2D eigenvalue weighted by Gasteiger charge is -2.39. The molecule has 2 unspecified atom stereocenters. The predicted molar refractivity (Wildman–Crippen MR) is 72.3 cm³/mol. The first-order valence-electron chi connectivity index (χ1n) is 6.71. The van der Waals surface area contributed by atoms with Crippen LogP contribution in [0.25, 0.3) is 0 Å². The summed E-state index contributed by atoms with van der Waals surface area (Å²) < 4.78 is 0. The molecule has 2 atom stereocenters. The molecule has 0 radical (unpaired) electrons. The zero-order chi connectivity index (χ0) is 13.2. The maximum Gasteiger partial charge on any atom is 0.243 e. The van der Waals surface area contributed by atoms with Gasteiger partial charge in [-0.3, -0.25) is 0 Å². The lowest BCUT2D eigenvalue weighted by atomic mass is 9.76. The van der Waals surface area contributed by atoms with E-state index >= 15 is 0 Å². The molecule has 0 spiro atoms. The van der Waals surface area contributed by atoms with E-state index in [1.807, 2.05) is 13.8 Å². The smallest absolute Gasteiger partial charge is 0.243 e. The Bertz CT molecular complexity index is 420. The Labute approximate surface area is 109 Å². The number of anilines is 1. The first-order valence-corrected chi connectivity index (χ1v) is 6.71. The highest BCUT2D eigenvalue weighted by Crippen LogP contribution is 2.33. The summed E-state index contributed by atoms with van der Waals surface area (Å²) in [5.74, 6) is 1.31. The fourth-order valence-electron chi connectivity index (χ4n) is 2.76. The van der Waals surface area contributed by atoms with Crippen LogP contribution in [0.5, 0.6) is 0 Å². The highest BCUT2D eigenvalue weighted by Gasteiger charge is 2.34. The molecule has 1 aromatic heterocycles. The molecular weight excluding hydrogens is 226 g/mol. The Balaban J connectivity index is 2.16. The fourth-order valence-corrected chi connectivity index (χ4v) is 2.76. The lowest BCUT2D eigenvalue weighted by Crippen LogP contribution is -2.49. The van der Waals surface area contributed by atoms with Crippen molar-refractivity contribution in [1.82, 2.24) is 15.2 Å². The molecule has 1 fully saturated rings. The molecule has 5 heteroatoms. The van der Waals surface area contributed by atoms with Crippen LogP contribution in [0.15, 0.2) is 0 Å². The van der Waals surface area contributed by atoms with Crippen molar-refractivity contribution >= 4 is 5.95 Å². The van der Waals surface area contributed by atoms with Gasteiger partial charge in [0.2, 0.25) is 5.95 Å². The molecular formula is C13H23N5. The molecule has 100 valence electrons. The summed E-state index contributed by atoms with van der Waals surface area (Å²) in [7, 11) is 0. The van der Waals surface area contributed by atoms with Crippen LogP contribution in [0.2, 0.25) is 0 Å². The van der Waals surface area contributed by atoms with Gasteiger partial charge in [0.15, 0.2) is 0 Å². The zero-order valence-electron chi connectivity index (χ0n) is 11.5. The molecule has 2 rings (SSSR count). The Hall–Kier alpha value is -1.23. The monoisotopic (exact) mass is 249 g/mol. The van der Waals surface area contributed by atoms with Crippen molar-refractivity contribution in [2.75, 3.05) is 11.9 Å². The second kappa shape index (κ2) is 5.18. The van der Waals surface area contributed by atoms with Crippen LogP contribution < -0.4 is 11.1 Å². The van der Waals surface area contributed by atoms with Gasteiger partial charge in [-0.25, -0.2) is 4.98 Å². The first-order chi connectivity index (χ1) is 8.54. The summed E-state index contributed by atoms with van der Waals surface area (Å²) in [6.45, 7) is 6.77. The molecule has 0 saturated heterocycles. The number of nitrogens with one attached hydrogen (secondary N) is 1.